The molecule has 1 aromatic carbocycles. The van der Waals surface area contributed by atoms with Crippen molar-refractivity contribution in [2.75, 3.05) is 20.8 Å². The van der Waals surface area contributed by atoms with Gasteiger partial charge in [-0.05, 0) is 12.5 Å². The molecule has 2 aromatic rings. The van der Waals surface area contributed by atoms with Crippen LogP contribution in [0.3, 0.4) is 0 Å². The molecule has 0 aliphatic rings. The number of rotatable bonds is 8. The number of hydrogen-bond acceptors (Lipinski definition) is 5. The Morgan fingerprint density at radius 3 is 2.54 bits per heavy atom. The SMILES string of the molecule is C=CCn1c(=O)c(C(=O)NCCCC)c(O)c2cc(OC)c(OC)cc21. The van der Waals surface area contributed by atoms with Crippen molar-refractivity contribution in [3.05, 3.63) is 40.7 Å². The number of pyridine rings is 1. The molecule has 0 saturated carbocycles. The van der Waals surface area contributed by atoms with E-state index in [2.05, 4.69) is 11.9 Å². The van der Waals surface area contributed by atoms with Crippen LogP contribution in [0.4, 0.5) is 0 Å². The lowest BCUT2D eigenvalue weighted by atomic mass is 10.1. The first kappa shape index (κ1) is 19.4. The van der Waals surface area contributed by atoms with Crippen LogP contribution in [0.2, 0.25) is 0 Å². The van der Waals surface area contributed by atoms with E-state index in [1.807, 2.05) is 6.92 Å². The highest BCUT2D eigenvalue weighted by Gasteiger charge is 2.23. The van der Waals surface area contributed by atoms with Crippen LogP contribution in [-0.4, -0.2) is 36.3 Å². The highest BCUT2D eigenvalue weighted by molar-refractivity contribution is 6.03. The van der Waals surface area contributed by atoms with Crippen molar-refractivity contribution in [3.8, 4) is 17.2 Å². The fourth-order valence-corrected chi connectivity index (χ4v) is 2.74. The Morgan fingerprint density at radius 1 is 1.31 bits per heavy atom. The van der Waals surface area contributed by atoms with E-state index >= 15 is 0 Å². The number of nitrogens with zero attached hydrogens (tertiary/aromatic N) is 1. The van der Waals surface area contributed by atoms with Crippen molar-refractivity contribution in [2.45, 2.75) is 26.3 Å². The van der Waals surface area contributed by atoms with Crippen molar-refractivity contribution >= 4 is 16.8 Å². The van der Waals surface area contributed by atoms with Crippen LogP contribution < -0.4 is 20.3 Å². The number of unbranched alkanes of at least 4 members (excludes halogenated alkanes) is 1. The summed E-state index contributed by atoms with van der Waals surface area (Å²) in [6.07, 6.45) is 3.24. The van der Waals surface area contributed by atoms with E-state index in [4.69, 9.17) is 9.47 Å². The van der Waals surface area contributed by atoms with E-state index in [-0.39, 0.29) is 17.9 Å². The first-order chi connectivity index (χ1) is 12.5. The zero-order valence-corrected chi connectivity index (χ0v) is 15.3. The maximum absolute atomic E-state index is 12.8. The zero-order valence-electron chi connectivity index (χ0n) is 15.3. The highest BCUT2D eigenvalue weighted by atomic mass is 16.5. The minimum Gasteiger partial charge on any atom is -0.506 e. The lowest BCUT2D eigenvalue weighted by molar-refractivity contribution is 0.0948. The van der Waals surface area contributed by atoms with Gasteiger partial charge in [0.1, 0.15) is 11.3 Å². The molecule has 0 radical (unpaired) electrons. The first-order valence-electron chi connectivity index (χ1n) is 8.40. The second kappa shape index (κ2) is 8.42. The highest BCUT2D eigenvalue weighted by Crippen LogP contribution is 2.36. The van der Waals surface area contributed by atoms with Gasteiger partial charge in [-0.1, -0.05) is 19.4 Å². The number of aromatic hydroxyl groups is 1. The fraction of sp³-hybridized carbons (Fsp3) is 0.368. The minimum atomic E-state index is -0.601. The van der Waals surface area contributed by atoms with E-state index in [1.165, 1.54) is 18.8 Å². The summed E-state index contributed by atoms with van der Waals surface area (Å²) >= 11 is 0. The van der Waals surface area contributed by atoms with Gasteiger partial charge in [0.2, 0.25) is 0 Å². The van der Waals surface area contributed by atoms with E-state index in [0.717, 1.165) is 12.8 Å². The van der Waals surface area contributed by atoms with Gasteiger partial charge >= 0.3 is 0 Å². The molecule has 2 rings (SSSR count). The molecule has 1 aromatic heterocycles. The topological polar surface area (TPSA) is 89.8 Å². The molecule has 26 heavy (non-hydrogen) atoms. The zero-order chi connectivity index (χ0) is 19.3. The molecule has 7 nitrogen and oxygen atoms in total. The number of fused-ring (bicyclic) bond motifs is 1. The Hall–Kier alpha value is -2.96. The van der Waals surface area contributed by atoms with E-state index in [9.17, 15) is 14.7 Å². The van der Waals surface area contributed by atoms with Crippen molar-refractivity contribution < 1.29 is 19.4 Å². The molecule has 1 amide bonds. The number of hydrogen-bond donors (Lipinski definition) is 2. The molecule has 0 fully saturated rings. The molecule has 0 aliphatic carbocycles. The van der Waals surface area contributed by atoms with Gasteiger partial charge in [0.15, 0.2) is 11.5 Å². The third-order valence-electron chi connectivity index (χ3n) is 4.10. The summed E-state index contributed by atoms with van der Waals surface area (Å²) in [6, 6.07) is 3.14. The lowest BCUT2D eigenvalue weighted by Crippen LogP contribution is -2.33. The fourth-order valence-electron chi connectivity index (χ4n) is 2.74. The van der Waals surface area contributed by atoms with Crippen LogP contribution >= 0.6 is 0 Å². The van der Waals surface area contributed by atoms with Gasteiger partial charge in [0.05, 0.1) is 19.7 Å². The number of aromatic nitrogens is 1. The second-order valence-corrected chi connectivity index (χ2v) is 5.76. The number of carbonyl (C=O) groups is 1. The minimum absolute atomic E-state index is 0.181. The van der Waals surface area contributed by atoms with Crippen LogP contribution in [-0.2, 0) is 6.54 Å². The van der Waals surface area contributed by atoms with E-state index in [0.29, 0.717) is 28.9 Å². The first-order valence-corrected chi connectivity index (χ1v) is 8.40. The van der Waals surface area contributed by atoms with Crippen molar-refractivity contribution in [2.24, 2.45) is 0 Å². The van der Waals surface area contributed by atoms with Crippen LogP contribution in [0.5, 0.6) is 17.2 Å². The standard InChI is InChI=1S/C19H24N2O5/c1-5-7-8-20-18(23)16-17(22)12-10-14(25-3)15(26-4)11-13(12)21(9-6-2)19(16)24/h6,10-11,22H,2,5,7-9H2,1,3-4H3,(H,20,23). The number of methoxy groups -OCH3 is 2. The summed E-state index contributed by atoms with van der Waals surface area (Å²) in [4.78, 5) is 25.3. The normalized spacial score (nSPS) is 10.6. The predicted octanol–water partition coefficient (Wildman–Crippen LogP) is 2.44. The molecule has 2 N–H and O–H groups in total. The number of allylic oxidation sites excluding steroid dienone is 1. The molecule has 0 atom stereocenters. The molecule has 0 spiro atoms. The third kappa shape index (κ3) is 3.51. The largest absolute Gasteiger partial charge is 0.506 e. The molecule has 140 valence electrons. The van der Waals surface area contributed by atoms with Crippen molar-refractivity contribution in [1.29, 1.82) is 0 Å². The molecule has 7 heteroatoms. The van der Waals surface area contributed by atoms with Crippen LogP contribution in [0, 0.1) is 0 Å². The number of carbonyl (C=O) groups excluding carboxylic acids is 1. The summed E-state index contributed by atoms with van der Waals surface area (Å²) in [5.41, 5.74) is -0.450. The smallest absolute Gasteiger partial charge is 0.268 e. The van der Waals surface area contributed by atoms with Gasteiger partial charge in [-0.25, -0.2) is 0 Å². The number of nitrogens with one attached hydrogen (secondary N) is 1. The van der Waals surface area contributed by atoms with Gasteiger partial charge in [-0.3, -0.25) is 9.59 Å². The average Bonchev–Trinajstić information content (AvgIpc) is 2.64. The summed E-state index contributed by atoms with van der Waals surface area (Å²) in [6.45, 7) is 6.27. The van der Waals surface area contributed by atoms with Crippen molar-refractivity contribution in [3.63, 3.8) is 0 Å². The Morgan fingerprint density at radius 2 is 1.96 bits per heavy atom. The van der Waals surface area contributed by atoms with Crippen LogP contribution in [0.25, 0.3) is 10.9 Å². The maximum atomic E-state index is 12.8. The molecule has 0 bridgehead atoms. The summed E-state index contributed by atoms with van der Waals surface area (Å²) in [5.74, 6) is -0.177. The van der Waals surface area contributed by atoms with Crippen LogP contribution in [0.15, 0.2) is 29.6 Å². The van der Waals surface area contributed by atoms with Gasteiger partial charge in [-0.2, -0.15) is 0 Å². The number of ether oxygens (including phenoxy) is 2. The molecule has 1 heterocycles. The molecule has 0 saturated heterocycles. The van der Waals surface area contributed by atoms with E-state index < -0.39 is 11.5 Å². The molecule has 0 unspecified atom stereocenters. The monoisotopic (exact) mass is 360 g/mol. The summed E-state index contributed by atoms with van der Waals surface area (Å²) in [7, 11) is 2.95. The van der Waals surface area contributed by atoms with E-state index in [1.54, 1.807) is 18.2 Å². The molecular formula is C19H24N2O5. The Bertz CT molecular complexity index is 886. The lowest BCUT2D eigenvalue weighted by Gasteiger charge is -2.16. The van der Waals surface area contributed by atoms with Gasteiger partial charge in [0, 0.05) is 24.5 Å². The quantitative estimate of drug-likeness (QED) is 0.557. The number of amides is 1. The molecule has 0 aliphatic heterocycles. The maximum Gasteiger partial charge on any atom is 0.268 e. The van der Waals surface area contributed by atoms with Crippen LogP contribution in [0.1, 0.15) is 30.1 Å². The predicted molar refractivity (Wildman–Crippen MR) is 100 cm³/mol. The summed E-state index contributed by atoms with van der Waals surface area (Å²) < 4.78 is 11.9. The molecular weight excluding hydrogens is 336 g/mol. The third-order valence-corrected chi connectivity index (χ3v) is 4.10. The van der Waals surface area contributed by atoms with Gasteiger partial charge in [0.25, 0.3) is 11.5 Å². The summed E-state index contributed by atoms with van der Waals surface area (Å²) in [5, 5.41) is 13.6. The number of benzene rings is 1. The Labute approximate surface area is 151 Å². The van der Waals surface area contributed by atoms with Gasteiger partial charge in [-0.15, -0.1) is 6.58 Å². The Balaban J connectivity index is 2.76. The van der Waals surface area contributed by atoms with Crippen molar-refractivity contribution in [1.82, 2.24) is 9.88 Å². The second-order valence-electron chi connectivity index (χ2n) is 5.76. The van der Waals surface area contributed by atoms with Gasteiger partial charge < -0.3 is 24.5 Å². The Kier molecular flexibility index (Phi) is 6.27. The average molecular weight is 360 g/mol.